The lowest BCUT2D eigenvalue weighted by Gasteiger charge is -2.28. The molecule has 1 fully saturated rings. The molecule has 2 rings (SSSR count). The van der Waals surface area contributed by atoms with Gasteiger partial charge in [-0.2, -0.15) is 0 Å². The average molecular weight is 224 g/mol. The van der Waals surface area contributed by atoms with Gasteiger partial charge in [-0.25, -0.2) is 4.39 Å². The zero-order chi connectivity index (χ0) is 11.5. The fourth-order valence-corrected chi connectivity index (χ4v) is 1.75. The van der Waals surface area contributed by atoms with Crippen molar-refractivity contribution in [2.24, 2.45) is 0 Å². The summed E-state index contributed by atoms with van der Waals surface area (Å²) in [5.41, 5.74) is 0.940. The molecule has 0 bridgehead atoms. The number of amides is 1. The summed E-state index contributed by atoms with van der Waals surface area (Å²) in [5.74, 6) is -0.502. The Morgan fingerprint density at radius 1 is 1.50 bits per heavy atom. The van der Waals surface area contributed by atoms with Crippen LogP contribution in [0.25, 0.3) is 0 Å². The lowest BCUT2D eigenvalue weighted by molar-refractivity contribution is -0.120. The first-order valence-corrected chi connectivity index (χ1v) is 5.11. The van der Waals surface area contributed by atoms with Gasteiger partial charge in [0.2, 0.25) is 5.91 Å². The molecule has 1 saturated heterocycles. The van der Waals surface area contributed by atoms with Crippen LogP contribution in [0.5, 0.6) is 0 Å². The predicted octanol–water partition coefficient (Wildman–Crippen LogP) is 0.254. The van der Waals surface area contributed by atoms with Gasteiger partial charge in [0, 0.05) is 13.1 Å². The summed E-state index contributed by atoms with van der Waals surface area (Å²) in [6, 6.07) is 4.55. The number of hydrogen-bond acceptors (Lipinski definition) is 3. The van der Waals surface area contributed by atoms with Crippen LogP contribution in [0.4, 0.5) is 10.1 Å². The average Bonchev–Trinajstić information content (AvgIpc) is 2.28. The van der Waals surface area contributed by atoms with Crippen LogP contribution in [0.1, 0.15) is 5.56 Å². The highest BCUT2D eigenvalue weighted by Gasteiger charge is 2.19. The number of aliphatic hydroxyl groups is 1. The van der Waals surface area contributed by atoms with Gasteiger partial charge in [0.1, 0.15) is 5.82 Å². The van der Waals surface area contributed by atoms with Crippen LogP contribution in [0.15, 0.2) is 18.2 Å². The molecule has 0 spiro atoms. The van der Waals surface area contributed by atoms with Crippen molar-refractivity contribution in [3.05, 3.63) is 29.6 Å². The van der Waals surface area contributed by atoms with Crippen molar-refractivity contribution in [1.29, 1.82) is 0 Å². The van der Waals surface area contributed by atoms with Gasteiger partial charge in [0.15, 0.2) is 0 Å². The normalized spacial score (nSPS) is 16.1. The Morgan fingerprint density at radius 3 is 2.94 bits per heavy atom. The number of halogens is 1. The third-order valence-corrected chi connectivity index (χ3v) is 2.57. The molecule has 1 aromatic carbocycles. The summed E-state index contributed by atoms with van der Waals surface area (Å²) in [6.07, 6.45) is 0. The zero-order valence-corrected chi connectivity index (χ0v) is 8.74. The van der Waals surface area contributed by atoms with E-state index < -0.39 is 5.82 Å². The molecule has 4 nitrogen and oxygen atoms in total. The van der Waals surface area contributed by atoms with Gasteiger partial charge in [-0.15, -0.1) is 0 Å². The van der Waals surface area contributed by atoms with E-state index >= 15 is 0 Å². The molecular weight excluding hydrogens is 211 g/mol. The van der Waals surface area contributed by atoms with Crippen LogP contribution in [0.3, 0.4) is 0 Å². The van der Waals surface area contributed by atoms with Crippen LogP contribution in [-0.2, 0) is 11.4 Å². The molecule has 86 valence electrons. The summed E-state index contributed by atoms with van der Waals surface area (Å²) >= 11 is 0. The molecule has 0 aliphatic carbocycles. The molecule has 1 amide bonds. The number of nitrogens with zero attached hydrogens (tertiary/aromatic N) is 1. The summed E-state index contributed by atoms with van der Waals surface area (Å²) in [6.45, 7) is 1.12. The number of benzene rings is 1. The molecule has 0 unspecified atom stereocenters. The highest BCUT2D eigenvalue weighted by molar-refractivity contribution is 5.82. The summed E-state index contributed by atoms with van der Waals surface area (Å²) in [7, 11) is 0. The highest BCUT2D eigenvalue weighted by atomic mass is 19.1. The molecule has 0 atom stereocenters. The Labute approximate surface area is 92.7 Å². The van der Waals surface area contributed by atoms with Crippen molar-refractivity contribution in [1.82, 2.24) is 5.32 Å². The van der Waals surface area contributed by atoms with Crippen LogP contribution >= 0.6 is 0 Å². The first-order valence-electron chi connectivity index (χ1n) is 5.11. The molecule has 0 radical (unpaired) electrons. The monoisotopic (exact) mass is 224 g/mol. The number of rotatable bonds is 2. The van der Waals surface area contributed by atoms with Crippen LogP contribution < -0.4 is 10.2 Å². The van der Waals surface area contributed by atoms with Gasteiger partial charge < -0.3 is 15.3 Å². The maximum atomic E-state index is 13.7. The van der Waals surface area contributed by atoms with E-state index in [9.17, 15) is 9.18 Å². The molecule has 1 aliphatic heterocycles. The van der Waals surface area contributed by atoms with Crippen LogP contribution in [0, 0.1) is 5.82 Å². The number of piperazine rings is 1. The second-order valence-corrected chi connectivity index (χ2v) is 3.72. The smallest absolute Gasteiger partial charge is 0.239 e. The van der Waals surface area contributed by atoms with Crippen molar-refractivity contribution in [3.8, 4) is 0 Å². The quantitative estimate of drug-likeness (QED) is 0.757. The van der Waals surface area contributed by atoms with Gasteiger partial charge in [-0.3, -0.25) is 4.79 Å². The second kappa shape index (κ2) is 4.49. The maximum Gasteiger partial charge on any atom is 0.239 e. The Kier molecular flexibility index (Phi) is 3.05. The van der Waals surface area contributed by atoms with Crippen molar-refractivity contribution in [2.75, 3.05) is 24.5 Å². The number of hydrogen-bond donors (Lipinski definition) is 2. The van der Waals surface area contributed by atoms with E-state index in [1.165, 1.54) is 6.07 Å². The number of carbonyl (C=O) groups is 1. The van der Waals surface area contributed by atoms with Gasteiger partial charge in [-0.05, 0) is 17.7 Å². The first-order chi connectivity index (χ1) is 7.70. The van der Waals surface area contributed by atoms with Gasteiger partial charge >= 0.3 is 0 Å². The fraction of sp³-hybridized carbons (Fsp3) is 0.364. The van der Waals surface area contributed by atoms with E-state index in [4.69, 9.17) is 5.11 Å². The Hall–Kier alpha value is -1.62. The van der Waals surface area contributed by atoms with E-state index in [-0.39, 0.29) is 19.1 Å². The van der Waals surface area contributed by atoms with Crippen molar-refractivity contribution >= 4 is 11.6 Å². The van der Waals surface area contributed by atoms with Crippen molar-refractivity contribution in [3.63, 3.8) is 0 Å². The topological polar surface area (TPSA) is 52.6 Å². The number of aliphatic hydroxyl groups excluding tert-OH is 1. The van der Waals surface area contributed by atoms with Crippen LogP contribution in [0.2, 0.25) is 0 Å². The minimum Gasteiger partial charge on any atom is -0.392 e. The number of nitrogens with one attached hydrogen (secondary N) is 1. The SMILES string of the molecule is O=C1CN(c2ccc(CO)cc2F)CCN1. The molecule has 0 aromatic heterocycles. The standard InChI is InChI=1S/C11H13FN2O2/c12-9-5-8(7-15)1-2-10(9)14-4-3-13-11(16)6-14/h1-2,5,15H,3-4,6-7H2,(H,13,16). The maximum absolute atomic E-state index is 13.7. The number of carbonyl (C=O) groups excluding carboxylic acids is 1. The Bertz CT molecular complexity index is 409. The number of anilines is 1. The van der Waals surface area contributed by atoms with E-state index in [2.05, 4.69) is 5.32 Å². The molecule has 0 saturated carbocycles. The lowest BCUT2D eigenvalue weighted by atomic mass is 10.2. The fourth-order valence-electron chi connectivity index (χ4n) is 1.75. The van der Waals surface area contributed by atoms with Crippen molar-refractivity contribution in [2.45, 2.75) is 6.61 Å². The Morgan fingerprint density at radius 2 is 2.31 bits per heavy atom. The molecule has 1 aliphatic rings. The van der Waals surface area contributed by atoms with Gasteiger partial charge in [0.05, 0.1) is 18.8 Å². The summed E-state index contributed by atoms with van der Waals surface area (Å²) in [5, 5.41) is 11.5. The molecule has 16 heavy (non-hydrogen) atoms. The highest BCUT2D eigenvalue weighted by Crippen LogP contribution is 2.21. The Balaban J connectivity index is 2.22. The predicted molar refractivity (Wildman–Crippen MR) is 57.5 cm³/mol. The summed E-state index contributed by atoms with van der Waals surface area (Å²) < 4.78 is 13.7. The van der Waals surface area contributed by atoms with Crippen molar-refractivity contribution < 1.29 is 14.3 Å². The van der Waals surface area contributed by atoms with E-state index in [0.29, 0.717) is 24.3 Å². The largest absolute Gasteiger partial charge is 0.392 e. The third kappa shape index (κ3) is 2.14. The first kappa shape index (κ1) is 10.9. The minimum absolute atomic E-state index is 0.100. The molecule has 5 heteroatoms. The second-order valence-electron chi connectivity index (χ2n) is 3.72. The van der Waals surface area contributed by atoms with E-state index in [1.54, 1.807) is 17.0 Å². The third-order valence-electron chi connectivity index (χ3n) is 2.57. The summed E-state index contributed by atoms with van der Waals surface area (Å²) in [4.78, 5) is 12.9. The molecular formula is C11H13FN2O2. The van der Waals surface area contributed by atoms with Gasteiger partial charge in [-0.1, -0.05) is 6.07 Å². The molecule has 2 N–H and O–H groups in total. The zero-order valence-electron chi connectivity index (χ0n) is 8.74. The van der Waals surface area contributed by atoms with E-state index in [0.717, 1.165) is 0 Å². The van der Waals surface area contributed by atoms with Crippen LogP contribution in [-0.4, -0.2) is 30.6 Å². The van der Waals surface area contributed by atoms with E-state index in [1.807, 2.05) is 0 Å². The minimum atomic E-state index is -0.402. The molecule has 1 aromatic rings. The lowest BCUT2D eigenvalue weighted by Crippen LogP contribution is -2.48. The van der Waals surface area contributed by atoms with Gasteiger partial charge in [0.25, 0.3) is 0 Å². The molecule has 1 heterocycles.